The van der Waals surface area contributed by atoms with E-state index in [2.05, 4.69) is 22.5 Å². The van der Waals surface area contributed by atoms with Crippen molar-refractivity contribution in [2.24, 2.45) is 4.99 Å². The lowest BCUT2D eigenvalue weighted by molar-refractivity contribution is 0.102. The van der Waals surface area contributed by atoms with Gasteiger partial charge in [0.25, 0.3) is 5.91 Å². The Hall–Kier alpha value is -2.32. The van der Waals surface area contributed by atoms with Gasteiger partial charge in [0.15, 0.2) is 15.0 Å². The lowest BCUT2D eigenvalue weighted by Crippen LogP contribution is -2.13. The summed E-state index contributed by atoms with van der Waals surface area (Å²) in [4.78, 5) is 16.9. The maximum absolute atomic E-state index is 12.4. The van der Waals surface area contributed by atoms with E-state index >= 15 is 0 Å². The van der Waals surface area contributed by atoms with Gasteiger partial charge < -0.3 is 10.6 Å². The molecule has 0 radical (unpaired) electrons. The number of nitrogens with one attached hydrogen (secondary N) is 2. The average molecular weight is 416 g/mol. The molecule has 2 heterocycles. The Morgan fingerprint density at radius 3 is 2.39 bits per heavy atom. The number of sulfone groups is 1. The summed E-state index contributed by atoms with van der Waals surface area (Å²) in [6.07, 6.45) is 0.962. The van der Waals surface area contributed by atoms with Gasteiger partial charge in [-0.15, -0.1) is 0 Å². The van der Waals surface area contributed by atoms with Gasteiger partial charge in [0, 0.05) is 22.2 Å². The van der Waals surface area contributed by atoms with E-state index in [0.29, 0.717) is 5.56 Å². The molecule has 2 N–H and O–H groups in total. The number of thioether (sulfide) groups is 1. The number of benzene rings is 2. The molecule has 1 amide bonds. The highest BCUT2D eigenvalue weighted by Crippen LogP contribution is 2.34. The molecule has 6 nitrogen and oxygen atoms in total. The first kappa shape index (κ1) is 19.0. The van der Waals surface area contributed by atoms with Crippen LogP contribution in [0.2, 0.25) is 0 Å². The molecule has 2 aromatic rings. The lowest BCUT2D eigenvalue weighted by atomic mass is 10.1. The molecular formula is C20H21N3O3S2. The molecule has 4 rings (SSSR count). The van der Waals surface area contributed by atoms with E-state index in [-0.39, 0.29) is 28.7 Å². The van der Waals surface area contributed by atoms with Crippen LogP contribution in [-0.2, 0) is 16.3 Å². The van der Waals surface area contributed by atoms with Crippen LogP contribution in [0, 0.1) is 0 Å². The Bertz CT molecular complexity index is 1020. The number of rotatable bonds is 4. The number of anilines is 2. The molecule has 0 spiro atoms. The molecule has 0 unspecified atom stereocenters. The minimum Gasteiger partial charge on any atom is -0.335 e. The number of amidine groups is 1. The highest BCUT2D eigenvalue weighted by molar-refractivity contribution is 8.15. The molecule has 1 saturated heterocycles. The highest BCUT2D eigenvalue weighted by Gasteiger charge is 2.42. The Balaban J connectivity index is 1.37. The largest absolute Gasteiger partial charge is 0.335 e. The fourth-order valence-electron chi connectivity index (χ4n) is 3.27. The second-order valence-corrected chi connectivity index (χ2v) is 10.3. The average Bonchev–Trinajstić information content (AvgIpc) is 3.15. The predicted octanol–water partition coefficient (Wildman–Crippen LogP) is 3.18. The van der Waals surface area contributed by atoms with Crippen molar-refractivity contribution in [3.8, 4) is 0 Å². The van der Waals surface area contributed by atoms with Crippen LogP contribution in [-0.4, -0.2) is 42.3 Å². The number of carbonyl (C=O) groups is 1. The minimum atomic E-state index is -2.95. The zero-order valence-electron chi connectivity index (χ0n) is 15.4. The lowest BCUT2D eigenvalue weighted by Gasteiger charge is -2.09. The van der Waals surface area contributed by atoms with Gasteiger partial charge in [0.1, 0.15) is 0 Å². The Morgan fingerprint density at radius 2 is 1.75 bits per heavy atom. The van der Waals surface area contributed by atoms with Gasteiger partial charge in [0.2, 0.25) is 0 Å². The normalized spacial score (nSPS) is 22.4. The zero-order valence-corrected chi connectivity index (χ0v) is 17.0. The molecule has 146 valence electrons. The molecule has 28 heavy (non-hydrogen) atoms. The monoisotopic (exact) mass is 415 g/mol. The van der Waals surface area contributed by atoms with Crippen LogP contribution in [0.5, 0.6) is 0 Å². The number of aryl methyl sites for hydroxylation is 1. The van der Waals surface area contributed by atoms with Crippen molar-refractivity contribution in [2.75, 3.05) is 22.1 Å². The summed E-state index contributed by atoms with van der Waals surface area (Å²) in [5, 5.41) is 6.85. The van der Waals surface area contributed by atoms with E-state index in [4.69, 9.17) is 0 Å². The molecule has 2 aromatic carbocycles. The van der Waals surface area contributed by atoms with E-state index in [1.54, 1.807) is 12.1 Å². The van der Waals surface area contributed by atoms with Gasteiger partial charge >= 0.3 is 0 Å². The molecule has 2 atom stereocenters. The highest BCUT2D eigenvalue weighted by atomic mass is 32.2. The van der Waals surface area contributed by atoms with Crippen LogP contribution in [0.15, 0.2) is 53.5 Å². The Labute approximate surface area is 168 Å². The van der Waals surface area contributed by atoms with Gasteiger partial charge in [-0.3, -0.25) is 9.79 Å². The van der Waals surface area contributed by atoms with Crippen molar-refractivity contribution in [3.63, 3.8) is 0 Å². The van der Waals surface area contributed by atoms with Crippen molar-refractivity contribution in [2.45, 2.75) is 24.6 Å². The second-order valence-electron chi connectivity index (χ2n) is 6.94. The zero-order chi connectivity index (χ0) is 19.7. The molecule has 1 fully saturated rings. The first-order valence-electron chi connectivity index (χ1n) is 9.14. The number of carbonyl (C=O) groups excluding carboxylic acids is 1. The van der Waals surface area contributed by atoms with E-state index in [0.717, 1.165) is 23.0 Å². The van der Waals surface area contributed by atoms with E-state index in [1.165, 1.54) is 17.3 Å². The van der Waals surface area contributed by atoms with Gasteiger partial charge in [-0.2, -0.15) is 0 Å². The number of aliphatic imine (C=N–C) groups is 1. The maximum atomic E-state index is 12.4. The van der Waals surface area contributed by atoms with Gasteiger partial charge in [-0.1, -0.05) is 30.8 Å². The third-order valence-corrected chi connectivity index (χ3v) is 7.98. The summed E-state index contributed by atoms with van der Waals surface area (Å²) in [7, 11) is -2.95. The topological polar surface area (TPSA) is 87.6 Å². The number of hydrogen-bond acceptors (Lipinski definition) is 6. The van der Waals surface area contributed by atoms with Gasteiger partial charge in [-0.25, -0.2) is 8.42 Å². The number of fused-ring (bicyclic) bond motifs is 1. The summed E-state index contributed by atoms with van der Waals surface area (Å²) in [6, 6.07) is 14.8. The van der Waals surface area contributed by atoms with Crippen molar-refractivity contribution >= 4 is 44.0 Å². The van der Waals surface area contributed by atoms with Crippen LogP contribution in [0.3, 0.4) is 0 Å². The first-order valence-corrected chi connectivity index (χ1v) is 11.8. The van der Waals surface area contributed by atoms with Crippen LogP contribution in [0.1, 0.15) is 22.8 Å². The summed E-state index contributed by atoms with van der Waals surface area (Å²) in [5.41, 5.74) is 3.37. The van der Waals surface area contributed by atoms with Crippen molar-refractivity contribution < 1.29 is 13.2 Å². The first-order chi connectivity index (χ1) is 13.4. The van der Waals surface area contributed by atoms with Crippen LogP contribution >= 0.6 is 11.8 Å². The molecule has 2 aliphatic heterocycles. The Kier molecular flexibility index (Phi) is 5.16. The van der Waals surface area contributed by atoms with Gasteiger partial charge in [0.05, 0.1) is 17.5 Å². The molecule has 0 aromatic heterocycles. The predicted molar refractivity (Wildman–Crippen MR) is 115 cm³/mol. The SMILES string of the molecule is CCc1ccc(NC(=O)c2ccc(NC3=N[C@@H]4CS(=O)(=O)C[C@@H]4S3)cc2)cc1. The van der Waals surface area contributed by atoms with E-state index in [1.807, 2.05) is 36.4 Å². The van der Waals surface area contributed by atoms with E-state index in [9.17, 15) is 13.2 Å². The van der Waals surface area contributed by atoms with Crippen LogP contribution < -0.4 is 10.6 Å². The fraction of sp³-hybridized carbons (Fsp3) is 0.300. The summed E-state index contributed by atoms with van der Waals surface area (Å²) >= 11 is 1.47. The molecule has 2 aliphatic rings. The van der Waals surface area contributed by atoms with Crippen molar-refractivity contribution in [1.82, 2.24) is 0 Å². The Morgan fingerprint density at radius 1 is 1.07 bits per heavy atom. The molecule has 0 aliphatic carbocycles. The molecule has 8 heteroatoms. The summed E-state index contributed by atoms with van der Waals surface area (Å²) < 4.78 is 23.3. The number of nitrogens with zero attached hydrogens (tertiary/aromatic N) is 1. The smallest absolute Gasteiger partial charge is 0.255 e. The van der Waals surface area contributed by atoms with Crippen molar-refractivity contribution in [1.29, 1.82) is 0 Å². The number of hydrogen-bond donors (Lipinski definition) is 2. The maximum Gasteiger partial charge on any atom is 0.255 e. The minimum absolute atomic E-state index is 0.0108. The molecule has 0 saturated carbocycles. The quantitative estimate of drug-likeness (QED) is 0.801. The van der Waals surface area contributed by atoms with Crippen LogP contribution in [0.4, 0.5) is 11.4 Å². The van der Waals surface area contributed by atoms with Crippen molar-refractivity contribution in [3.05, 3.63) is 59.7 Å². The fourth-order valence-corrected chi connectivity index (χ4v) is 6.95. The standard InChI is InChI=1S/C20H21N3O3S2/c1-2-13-3-7-15(8-4-13)21-19(24)14-5-9-16(10-6-14)22-20-23-17-11-28(25,26)12-18(17)27-20/h3-10,17-18H,2,11-12H2,1H3,(H,21,24)(H,22,23)/t17-,18+/m1/s1. The molecular weight excluding hydrogens is 394 g/mol. The van der Waals surface area contributed by atoms with Gasteiger partial charge in [-0.05, 0) is 48.4 Å². The summed E-state index contributed by atoms with van der Waals surface area (Å²) in [6.45, 7) is 2.09. The summed E-state index contributed by atoms with van der Waals surface area (Å²) in [5.74, 6) is 0.159. The van der Waals surface area contributed by atoms with Crippen LogP contribution in [0.25, 0.3) is 0 Å². The molecule has 0 bridgehead atoms. The van der Waals surface area contributed by atoms with E-state index < -0.39 is 9.84 Å². The third kappa shape index (κ3) is 4.23. The number of amides is 1. The third-order valence-electron chi connectivity index (χ3n) is 4.84. The second kappa shape index (κ2) is 7.60.